The fourth-order valence-corrected chi connectivity index (χ4v) is 3.90. The van der Waals surface area contributed by atoms with E-state index in [9.17, 15) is 15.0 Å². The Hall–Kier alpha value is -3.41. The summed E-state index contributed by atoms with van der Waals surface area (Å²) in [5, 5.41) is 25.5. The molecule has 0 spiro atoms. The molecular formula is C27H33N3O3. The molecule has 2 aromatic carbocycles. The van der Waals surface area contributed by atoms with E-state index in [4.69, 9.17) is 0 Å². The maximum Gasteiger partial charge on any atom is 0.275 e. The zero-order chi connectivity index (χ0) is 23.6. The van der Waals surface area contributed by atoms with Crippen LogP contribution in [0.1, 0.15) is 79.9 Å². The van der Waals surface area contributed by atoms with Crippen LogP contribution in [0.3, 0.4) is 0 Å². The Bertz CT molecular complexity index is 1120. The molecule has 3 N–H and O–H groups in total. The summed E-state index contributed by atoms with van der Waals surface area (Å²) in [6.07, 6.45) is 8.89. The molecular weight excluding hydrogens is 414 g/mol. The van der Waals surface area contributed by atoms with Crippen molar-refractivity contribution in [2.45, 2.75) is 65.2 Å². The Labute approximate surface area is 195 Å². The zero-order valence-corrected chi connectivity index (χ0v) is 19.5. The van der Waals surface area contributed by atoms with Crippen molar-refractivity contribution in [2.75, 3.05) is 0 Å². The highest BCUT2D eigenvalue weighted by molar-refractivity contribution is 6.11. The van der Waals surface area contributed by atoms with Gasteiger partial charge < -0.3 is 10.2 Å². The second kappa shape index (κ2) is 12.0. The van der Waals surface area contributed by atoms with Gasteiger partial charge in [-0.15, -0.1) is 0 Å². The van der Waals surface area contributed by atoms with Crippen LogP contribution >= 0.6 is 0 Å². The molecule has 1 amide bonds. The van der Waals surface area contributed by atoms with E-state index in [1.165, 1.54) is 38.2 Å². The summed E-state index contributed by atoms with van der Waals surface area (Å²) in [5.74, 6) is -0.443. The molecule has 0 radical (unpaired) electrons. The number of rotatable bonds is 11. The topological polar surface area (TPSA) is 94.8 Å². The molecule has 0 unspecified atom stereocenters. The highest BCUT2D eigenvalue weighted by Crippen LogP contribution is 2.28. The molecule has 0 aliphatic carbocycles. The molecule has 6 nitrogen and oxygen atoms in total. The van der Waals surface area contributed by atoms with Gasteiger partial charge in [0.2, 0.25) is 0 Å². The van der Waals surface area contributed by atoms with Gasteiger partial charge in [-0.25, -0.2) is 10.4 Å². The van der Waals surface area contributed by atoms with Crippen LogP contribution < -0.4 is 5.43 Å². The van der Waals surface area contributed by atoms with Gasteiger partial charge in [0.15, 0.2) is 0 Å². The average Bonchev–Trinajstić information content (AvgIpc) is 2.81. The van der Waals surface area contributed by atoms with Crippen molar-refractivity contribution in [1.29, 1.82) is 0 Å². The first-order chi connectivity index (χ1) is 16.0. The van der Waals surface area contributed by atoms with Gasteiger partial charge in [0.25, 0.3) is 5.91 Å². The van der Waals surface area contributed by atoms with Crippen LogP contribution in [-0.2, 0) is 0 Å². The van der Waals surface area contributed by atoms with Gasteiger partial charge in [-0.3, -0.25) is 4.79 Å². The molecule has 3 aromatic rings. The third-order valence-electron chi connectivity index (χ3n) is 5.74. The van der Waals surface area contributed by atoms with Crippen LogP contribution in [0.4, 0.5) is 0 Å². The molecule has 0 aliphatic rings. The van der Waals surface area contributed by atoms with E-state index in [-0.39, 0.29) is 17.1 Å². The monoisotopic (exact) mass is 447 g/mol. The summed E-state index contributed by atoms with van der Waals surface area (Å²) in [4.78, 5) is 17.1. The Kier molecular flexibility index (Phi) is 8.81. The molecule has 1 aromatic heterocycles. The minimum absolute atomic E-state index is 0.0893. The molecule has 0 aliphatic heterocycles. The maximum atomic E-state index is 12.6. The number of aryl methyl sites for hydroxylation is 1. The second-order valence-electron chi connectivity index (χ2n) is 8.37. The number of phenolic OH excluding ortho intramolecular Hbond substituents is 2. The molecule has 0 bridgehead atoms. The number of aromatic nitrogens is 1. The number of benzene rings is 2. The van der Waals surface area contributed by atoms with E-state index in [1.807, 2.05) is 25.1 Å². The summed E-state index contributed by atoms with van der Waals surface area (Å²) in [6.45, 7) is 4.09. The molecule has 33 heavy (non-hydrogen) atoms. The minimum atomic E-state index is -0.470. The molecule has 0 saturated heterocycles. The Balaban J connectivity index is 1.84. The SMILES string of the molecule is CCCCCCCCC/C(=N\NC(=O)c1ccccc1O)c1ccc(O)c2nc(C)ccc12. The molecule has 3 rings (SSSR count). The van der Waals surface area contributed by atoms with E-state index in [0.29, 0.717) is 11.9 Å². The number of carbonyl (C=O) groups excluding carboxylic acids is 1. The number of nitrogens with zero attached hydrogens (tertiary/aromatic N) is 2. The highest BCUT2D eigenvalue weighted by atomic mass is 16.3. The standard InChI is InChI=1S/C27H33N3O3/c1-3-4-5-6-7-8-9-13-23(29-30-27(33)22-12-10-11-14-24(22)31)20-17-18-25(32)26-21(20)16-15-19(2)28-26/h10-12,14-18,31-32H,3-9,13H2,1-2H3,(H,30,33)/b29-23+. The molecule has 6 heteroatoms. The number of hydrazone groups is 1. The summed E-state index contributed by atoms with van der Waals surface area (Å²) in [7, 11) is 0. The first-order valence-corrected chi connectivity index (χ1v) is 11.8. The number of nitrogens with one attached hydrogen (secondary N) is 1. The minimum Gasteiger partial charge on any atom is -0.507 e. The Morgan fingerprint density at radius 3 is 2.36 bits per heavy atom. The summed E-state index contributed by atoms with van der Waals surface area (Å²) >= 11 is 0. The fraction of sp³-hybridized carbons (Fsp3) is 0.370. The van der Waals surface area contributed by atoms with Crippen molar-refractivity contribution in [1.82, 2.24) is 10.4 Å². The van der Waals surface area contributed by atoms with Crippen molar-refractivity contribution in [3.8, 4) is 11.5 Å². The quantitative estimate of drug-likeness (QED) is 0.184. The van der Waals surface area contributed by atoms with Crippen molar-refractivity contribution in [3.63, 3.8) is 0 Å². The van der Waals surface area contributed by atoms with Gasteiger partial charge >= 0.3 is 0 Å². The van der Waals surface area contributed by atoms with E-state index in [1.54, 1.807) is 24.3 Å². The van der Waals surface area contributed by atoms with Gasteiger partial charge in [-0.05, 0) is 50.1 Å². The number of phenols is 2. The molecule has 0 fully saturated rings. The number of unbranched alkanes of at least 4 members (excludes halogenated alkanes) is 6. The third kappa shape index (κ3) is 6.54. The third-order valence-corrected chi connectivity index (χ3v) is 5.74. The van der Waals surface area contributed by atoms with Crippen LogP contribution in [0, 0.1) is 6.92 Å². The lowest BCUT2D eigenvalue weighted by Gasteiger charge is -2.12. The van der Waals surface area contributed by atoms with Crippen LogP contribution in [0.2, 0.25) is 0 Å². The summed E-state index contributed by atoms with van der Waals surface area (Å²) < 4.78 is 0. The first-order valence-electron chi connectivity index (χ1n) is 11.8. The Morgan fingerprint density at radius 1 is 0.879 bits per heavy atom. The van der Waals surface area contributed by atoms with Crippen LogP contribution in [0.25, 0.3) is 10.9 Å². The number of para-hydroxylation sites is 1. The van der Waals surface area contributed by atoms with Crippen LogP contribution in [0.5, 0.6) is 11.5 Å². The average molecular weight is 448 g/mol. The van der Waals surface area contributed by atoms with Crippen molar-refractivity contribution < 1.29 is 15.0 Å². The highest BCUT2D eigenvalue weighted by Gasteiger charge is 2.14. The van der Waals surface area contributed by atoms with Crippen molar-refractivity contribution in [3.05, 3.63) is 65.4 Å². The number of carbonyl (C=O) groups is 1. The number of hydrogen-bond acceptors (Lipinski definition) is 5. The van der Waals surface area contributed by atoms with E-state index in [0.717, 1.165) is 35.2 Å². The normalized spacial score (nSPS) is 11.6. The number of fused-ring (bicyclic) bond motifs is 1. The number of amides is 1. The van der Waals surface area contributed by atoms with E-state index in [2.05, 4.69) is 22.4 Å². The van der Waals surface area contributed by atoms with Gasteiger partial charge in [0, 0.05) is 16.6 Å². The summed E-state index contributed by atoms with van der Waals surface area (Å²) in [6, 6.07) is 13.7. The second-order valence-corrected chi connectivity index (χ2v) is 8.37. The largest absolute Gasteiger partial charge is 0.507 e. The van der Waals surface area contributed by atoms with Crippen molar-refractivity contribution in [2.24, 2.45) is 5.10 Å². The van der Waals surface area contributed by atoms with Crippen LogP contribution in [0.15, 0.2) is 53.6 Å². The first kappa shape index (κ1) is 24.2. The lowest BCUT2D eigenvalue weighted by molar-refractivity contribution is 0.0952. The number of aromatic hydroxyl groups is 2. The Morgan fingerprint density at radius 2 is 1.61 bits per heavy atom. The molecule has 174 valence electrons. The molecule has 0 atom stereocenters. The predicted molar refractivity (Wildman–Crippen MR) is 133 cm³/mol. The molecule has 0 saturated carbocycles. The number of hydrogen-bond donors (Lipinski definition) is 3. The number of pyridine rings is 1. The van der Waals surface area contributed by atoms with Gasteiger partial charge in [0.1, 0.15) is 17.0 Å². The lowest BCUT2D eigenvalue weighted by Crippen LogP contribution is -2.20. The van der Waals surface area contributed by atoms with E-state index < -0.39 is 5.91 Å². The fourth-order valence-electron chi connectivity index (χ4n) is 3.90. The molecule has 1 heterocycles. The maximum absolute atomic E-state index is 12.6. The van der Waals surface area contributed by atoms with Gasteiger partial charge in [-0.1, -0.05) is 63.6 Å². The summed E-state index contributed by atoms with van der Waals surface area (Å²) in [5.41, 5.74) is 5.67. The van der Waals surface area contributed by atoms with Crippen LogP contribution in [-0.4, -0.2) is 26.8 Å². The smallest absolute Gasteiger partial charge is 0.275 e. The van der Waals surface area contributed by atoms with Gasteiger partial charge in [0.05, 0.1) is 11.3 Å². The predicted octanol–water partition coefficient (Wildman–Crippen LogP) is 6.23. The van der Waals surface area contributed by atoms with Gasteiger partial charge in [-0.2, -0.15) is 5.10 Å². The zero-order valence-electron chi connectivity index (χ0n) is 19.5. The van der Waals surface area contributed by atoms with Crippen molar-refractivity contribution >= 4 is 22.5 Å². The van der Waals surface area contributed by atoms with E-state index >= 15 is 0 Å². The lowest BCUT2D eigenvalue weighted by atomic mass is 9.98.